The number of rotatable bonds is 4. The maximum Gasteiger partial charge on any atom is 0.124 e. The number of aromatic nitrogens is 3. The van der Waals surface area contributed by atoms with Gasteiger partial charge in [-0.1, -0.05) is 30.0 Å². The molecule has 3 heterocycles. The Bertz CT molecular complexity index is 895. The Hall–Kier alpha value is -1.76. The summed E-state index contributed by atoms with van der Waals surface area (Å²) in [6.45, 7) is 0. The van der Waals surface area contributed by atoms with Gasteiger partial charge in [-0.2, -0.15) is 11.3 Å². The molecule has 0 saturated carbocycles. The fourth-order valence-corrected chi connectivity index (χ4v) is 4.65. The summed E-state index contributed by atoms with van der Waals surface area (Å²) in [5.74, 6) is 0.821. The summed E-state index contributed by atoms with van der Waals surface area (Å²) < 4.78 is 0. The molecule has 0 N–H and O–H groups in total. The van der Waals surface area contributed by atoms with Crippen LogP contribution in [-0.2, 0) is 5.75 Å². The Balaban J connectivity index is 1.55. The zero-order valence-electron chi connectivity index (χ0n) is 11.5. The number of thiazole rings is 1. The van der Waals surface area contributed by atoms with Gasteiger partial charge in [-0.3, -0.25) is 0 Å². The standard InChI is InChI=1S/C16H11N3S3/c1-2-4-14-13(3-1)16(18-10-17-14)22-9-12-8-21-15(19-12)11-5-6-20-7-11/h1-8,10H,9H2. The summed E-state index contributed by atoms with van der Waals surface area (Å²) in [4.78, 5) is 13.4. The molecule has 0 amide bonds. The molecule has 22 heavy (non-hydrogen) atoms. The molecular formula is C16H11N3S3. The van der Waals surface area contributed by atoms with Gasteiger partial charge in [-0.05, 0) is 17.5 Å². The van der Waals surface area contributed by atoms with Crippen molar-refractivity contribution in [2.24, 2.45) is 0 Å². The summed E-state index contributed by atoms with van der Waals surface area (Å²) >= 11 is 5.10. The first kappa shape index (κ1) is 13.9. The van der Waals surface area contributed by atoms with E-state index in [4.69, 9.17) is 4.98 Å². The van der Waals surface area contributed by atoms with Gasteiger partial charge in [-0.15, -0.1) is 11.3 Å². The average molecular weight is 341 g/mol. The minimum atomic E-state index is 0.821. The first-order chi connectivity index (χ1) is 10.9. The molecule has 3 nitrogen and oxygen atoms in total. The Labute approximate surface area is 140 Å². The van der Waals surface area contributed by atoms with Crippen molar-refractivity contribution in [2.75, 3.05) is 0 Å². The molecular weight excluding hydrogens is 330 g/mol. The van der Waals surface area contributed by atoms with Gasteiger partial charge in [0.1, 0.15) is 16.4 Å². The number of hydrogen-bond donors (Lipinski definition) is 0. The van der Waals surface area contributed by atoms with Crippen LogP contribution in [0.3, 0.4) is 0 Å². The Kier molecular flexibility index (Phi) is 3.88. The Morgan fingerprint density at radius 2 is 2.00 bits per heavy atom. The van der Waals surface area contributed by atoms with Crippen LogP contribution < -0.4 is 0 Å². The van der Waals surface area contributed by atoms with Crippen molar-refractivity contribution in [1.29, 1.82) is 0 Å². The maximum absolute atomic E-state index is 4.71. The van der Waals surface area contributed by atoms with E-state index in [1.54, 1.807) is 40.8 Å². The summed E-state index contributed by atoms with van der Waals surface area (Å²) in [5.41, 5.74) is 3.29. The predicted molar refractivity (Wildman–Crippen MR) is 94.5 cm³/mol. The van der Waals surface area contributed by atoms with Crippen LogP contribution in [-0.4, -0.2) is 15.0 Å². The van der Waals surface area contributed by atoms with E-state index in [2.05, 4.69) is 38.2 Å². The number of benzene rings is 1. The van der Waals surface area contributed by atoms with Crippen LogP contribution in [0.2, 0.25) is 0 Å². The third kappa shape index (κ3) is 2.77. The molecule has 6 heteroatoms. The normalized spacial score (nSPS) is 11.1. The monoisotopic (exact) mass is 341 g/mol. The van der Waals surface area contributed by atoms with Crippen LogP contribution in [0.25, 0.3) is 21.5 Å². The van der Waals surface area contributed by atoms with E-state index in [1.165, 1.54) is 5.56 Å². The lowest BCUT2D eigenvalue weighted by Gasteiger charge is -2.03. The Morgan fingerprint density at radius 1 is 1.05 bits per heavy atom. The van der Waals surface area contributed by atoms with Gasteiger partial charge in [0.2, 0.25) is 0 Å². The van der Waals surface area contributed by atoms with E-state index in [-0.39, 0.29) is 0 Å². The van der Waals surface area contributed by atoms with Crippen molar-refractivity contribution in [2.45, 2.75) is 10.8 Å². The van der Waals surface area contributed by atoms with Crippen LogP contribution >= 0.6 is 34.4 Å². The summed E-state index contributed by atoms with van der Waals surface area (Å²) in [5, 5.41) is 9.54. The fourth-order valence-electron chi connectivity index (χ4n) is 2.13. The third-order valence-electron chi connectivity index (χ3n) is 3.18. The van der Waals surface area contributed by atoms with Gasteiger partial charge in [0.05, 0.1) is 11.2 Å². The largest absolute Gasteiger partial charge is 0.240 e. The molecule has 0 unspecified atom stereocenters. The topological polar surface area (TPSA) is 38.7 Å². The van der Waals surface area contributed by atoms with Crippen LogP contribution in [0, 0.1) is 0 Å². The molecule has 0 aliphatic carbocycles. The number of fused-ring (bicyclic) bond motifs is 1. The van der Waals surface area contributed by atoms with E-state index in [1.807, 2.05) is 18.2 Å². The first-order valence-electron chi connectivity index (χ1n) is 6.70. The SMILES string of the molecule is c1ccc2c(SCc3csc(-c4ccsc4)n3)ncnc2c1. The molecule has 0 aliphatic heterocycles. The highest BCUT2D eigenvalue weighted by Crippen LogP contribution is 2.30. The van der Waals surface area contributed by atoms with Gasteiger partial charge in [0.25, 0.3) is 0 Å². The summed E-state index contributed by atoms with van der Waals surface area (Å²) in [6, 6.07) is 10.2. The van der Waals surface area contributed by atoms with Gasteiger partial charge < -0.3 is 0 Å². The molecule has 0 saturated heterocycles. The van der Waals surface area contributed by atoms with E-state index >= 15 is 0 Å². The number of thioether (sulfide) groups is 1. The lowest BCUT2D eigenvalue weighted by atomic mass is 10.2. The fraction of sp³-hybridized carbons (Fsp3) is 0.0625. The highest BCUT2D eigenvalue weighted by atomic mass is 32.2. The maximum atomic E-state index is 4.71. The zero-order chi connectivity index (χ0) is 14.8. The first-order valence-corrected chi connectivity index (χ1v) is 9.50. The van der Waals surface area contributed by atoms with E-state index < -0.39 is 0 Å². The van der Waals surface area contributed by atoms with Crippen LogP contribution in [0.4, 0.5) is 0 Å². The zero-order valence-corrected chi connectivity index (χ0v) is 13.9. The van der Waals surface area contributed by atoms with Crippen molar-refractivity contribution in [3.8, 4) is 10.6 Å². The number of para-hydroxylation sites is 1. The molecule has 4 rings (SSSR count). The van der Waals surface area contributed by atoms with Gasteiger partial charge in [-0.25, -0.2) is 15.0 Å². The minimum Gasteiger partial charge on any atom is -0.240 e. The highest BCUT2D eigenvalue weighted by molar-refractivity contribution is 7.98. The molecule has 0 aliphatic rings. The molecule has 108 valence electrons. The number of hydrogen-bond acceptors (Lipinski definition) is 6. The van der Waals surface area contributed by atoms with E-state index in [0.29, 0.717) is 0 Å². The lowest BCUT2D eigenvalue weighted by Crippen LogP contribution is -1.88. The van der Waals surface area contributed by atoms with Crippen molar-refractivity contribution in [3.05, 3.63) is 58.5 Å². The van der Waals surface area contributed by atoms with Crippen LogP contribution in [0.15, 0.2) is 57.8 Å². The Morgan fingerprint density at radius 3 is 2.91 bits per heavy atom. The second kappa shape index (κ2) is 6.16. The molecule has 0 bridgehead atoms. The summed E-state index contributed by atoms with van der Waals surface area (Å²) in [7, 11) is 0. The van der Waals surface area contributed by atoms with Crippen molar-refractivity contribution < 1.29 is 0 Å². The minimum absolute atomic E-state index is 0.821. The van der Waals surface area contributed by atoms with Crippen LogP contribution in [0.1, 0.15) is 5.69 Å². The summed E-state index contributed by atoms with van der Waals surface area (Å²) in [6.07, 6.45) is 1.63. The number of thiophene rings is 1. The molecule has 0 radical (unpaired) electrons. The second-order valence-electron chi connectivity index (χ2n) is 4.64. The van der Waals surface area contributed by atoms with Gasteiger partial charge >= 0.3 is 0 Å². The molecule has 1 aromatic carbocycles. The van der Waals surface area contributed by atoms with E-state index in [0.717, 1.165) is 32.4 Å². The smallest absolute Gasteiger partial charge is 0.124 e. The second-order valence-corrected chi connectivity index (χ2v) is 7.24. The average Bonchev–Trinajstić information content (AvgIpc) is 3.24. The molecule has 4 aromatic rings. The van der Waals surface area contributed by atoms with Gasteiger partial charge in [0, 0.05) is 27.5 Å². The van der Waals surface area contributed by atoms with E-state index in [9.17, 15) is 0 Å². The van der Waals surface area contributed by atoms with Crippen molar-refractivity contribution in [3.63, 3.8) is 0 Å². The van der Waals surface area contributed by atoms with Crippen molar-refractivity contribution >= 4 is 45.3 Å². The predicted octanol–water partition coefficient (Wildman–Crippen LogP) is 5.11. The number of nitrogens with zero attached hydrogens (tertiary/aromatic N) is 3. The van der Waals surface area contributed by atoms with Crippen molar-refractivity contribution in [1.82, 2.24) is 15.0 Å². The van der Waals surface area contributed by atoms with Gasteiger partial charge in [0.15, 0.2) is 0 Å². The lowest BCUT2D eigenvalue weighted by molar-refractivity contribution is 1.10. The quantitative estimate of drug-likeness (QED) is 0.382. The molecule has 3 aromatic heterocycles. The molecule has 0 fully saturated rings. The third-order valence-corrected chi connectivity index (χ3v) is 5.85. The molecule has 0 spiro atoms. The highest BCUT2D eigenvalue weighted by Gasteiger charge is 2.08. The van der Waals surface area contributed by atoms with Crippen LogP contribution in [0.5, 0.6) is 0 Å². The molecule has 0 atom stereocenters.